The Morgan fingerprint density at radius 1 is 1.61 bits per heavy atom. The number of benzene rings is 1. The van der Waals surface area contributed by atoms with Crippen molar-refractivity contribution in [2.24, 2.45) is 5.73 Å². The van der Waals surface area contributed by atoms with Crippen molar-refractivity contribution >= 4 is 5.97 Å². The Labute approximate surface area is 105 Å². The molecule has 2 rings (SSSR count). The maximum atomic E-state index is 11.0. The monoisotopic (exact) mass is 251 g/mol. The smallest absolute Gasteiger partial charge is 0.323 e. The number of ether oxygens (including phenoxy) is 1. The number of carbonyl (C=O) groups is 1. The third-order valence-electron chi connectivity index (χ3n) is 3.05. The summed E-state index contributed by atoms with van der Waals surface area (Å²) in [7, 11) is 0. The molecule has 4 N–H and O–H groups in total. The molecule has 0 spiro atoms. The molecule has 0 aromatic heterocycles. The lowest BCUT2D eigenvalue weighted by Gasteiger charge is -2.19. The van der Waals surface area contributed by atoms with Crippen molar-refractivity contribution in [1.82, 2.24) is 0 Å². The van der Waals surface area contributed by atoms with Crippen LogP contribution in [-0.2, 0) is 22.4 Å². The Hall–Kier alpha value is -1.59. The summed E-state index contributed by atoms with van der Waals surface area (Å²) in [4.78, 5) is 11.0. The van der Waals surface area contributed by atoms with E-state index in [0.29, 0.717) is 13.0 Å². The lowest BCUT2D eigenvalue weighted by atomic mass is 9.92. The fourth-order valence-corrected chi connectivity index (χ4v) is 1.84. The van der Waals surface area contributed by atoms with E-state index in [1.165, 1.54) is 6.92 Å². The number of hydrogen-bond donors (Lipinski definition) is 3. The van der Waals surface area contributed by atoms with E-state index < -0.39 is 11.5 Å². The summed E-state index contributed by atoms with van der Waals surface area (Å²) >= 11 is 0. The Morgan fingerprint density at radius 3 is 2.83 bits per heavy atom. The first-order valence-electron chi connectivity index (χ1n) is 5.83. The Morgan fingerprint density at radius 2 is 2.28 bits per heavy atom. The zero-order valence-corrected chi connectivity index (χ0v) is 10.2. The van der Waals surface area contributed by atoms with Crippen LogP contribution in [0.3, 0.4) is 0 Å². The molecule has 0 radical (unpaired) electrons. The van der Waals surface area contributed by atoms with Crippen molar-refractivity contribution in [2.45, 2.75) is 31.4 Å². The number of carboxylic acids is 1. The van der Waals surface area contributed by atoms with Gasteiger partial charge in [-0.3, -0.25) is 4.79 Å². The number of nitrogens with two attached hydrogens (primary N) is 1. The first-order valence-corrected chi connectivity index (χ1v) is 5.83. The summed E-state index contributed by atoms with van der Waals surface area (Å²) in [5, 5.41) is 18.7. The maximum absolute atomic E-state index is 11.0. The molecule has 0 amide bonds. The summed E-state index contributed by atoms with van der Waals surface area (Å²) in [6.45, 7) is 2.19. The average molecular weight is 251 g/mol. The molecule has 1 aliphatic heterocycles. The first kappa shape index (κ1) is 12.9. The van der Waals surface area contributed by atoms with Gasteiger partial charge in [0.2, 0.25) is 0 Å². The van der Waals surface area contributed by atoms with E-state index >= 15 is 0 Å². The lowest BCUT2D eigenvalue weighted by Crippen LogP contribution is -2.46. The van der Waals surface area contributed by atoms with Crippen molar-refractivity contribution in [3.63, 3.8) is 0 Å². The molecular formula is C13H17NO4. The van der Waals surface area contributed by atoms with E-state index in [1.807, 2.05) is 0 Å². The van der Waals surface area contributed by atoms with Crippen molar-refractivity contribution in [1.29, 1.82) is 0 Å². The van der Waals surface area contributed by atoms with E-state index in [2.05, 4.69) is 0 Å². The van der Waals surface area contributed by atoms with Crippen LogP contribution in [0.2, 0.25) is 0 Å². The van der Waals surface area contributed by atoms with Gasteiger partial charge >= 0.3 is 5.97 Å². The number of rotatable bonds is 5. The van der Waals surface area contributed by atoms with Gasteiger partial charge in [0, 0.05) is 12.8 Å². The summed E-state index contributed by atoms with van der Waals surface area (Å²) in [6, 6.07) is 5.07. The van der Waals surface area contributed by atoms with Crippen LogP contribution in [0.25, 0.3) is 0 Å². The minimum absolute atomic E-state index is 0.176. The Bertz CT molecular complexity index is 466. The number of hydrogen-bond acceptors (Lipinski definition) is 4. The highest BCUT2D eigenvalue weighted by atomic mass is 16.6. The normalized spacial score (nSPS) is 21.3. The van der Waals surface area contributed by atoms with E-state index in [1.54, 1.807) is 18.2 Å². The van der Waals surface area contributed by atoms with Gasteiger partial charge in [-0.25, -0.2) is 0 Å². The number of carboxylic acid groups (broad SMARTS) is 1. The van der Waals surface area contributed by atoms with Gasteiger partial charge in [0.1, 0.15) is 11.3 Å². The fourth-order valence-electron chi connectivity index (χ4n) is 1.84. The Balaban J connectivity index is 2.15. The number of epoxide rings is 1. The zero-order valence-electron chi connectivity index (χ0n) is 10.2. The molecule has 0 unspecified atom stereocenters. The molecule has 1 aromatic carbocycles. The summed E-state index contributed by atoms with van der Waals surface area (Å²) in [5.74, 6) is -0.828. The first-order chi connectivity index (χ1) is 8.38. The quantitative estimate of drug-likeness (QED) is 0.669. The predicted octanol–water partition coefficient (Wildman–Crippen LogP) is 0.678. The van der Waals surface area contributed by atoms with Crippen LogP contribution >= 0.6 is 0 Å². The van der Waals surface area contributed by atoms with Gasteiger partial charge in [-0.15, -0.1) is 0 Å². The molecule has 2 atom stereocenters. The van der Waals surface area contributed by atoms with Crippen molar-refractivity contribution in [3.05, 3.63) is 29.3 Å². The number of aromatic hydroxyl groups is 1. The van der Waals surface area contributed by atoms with Gasteiger partial charge in [0.05, 0.1) is 12.7 Å². The van der Waals surface area contributed by atoms with E-state index in [9.17, 15) is 9.90 Å². The highest BCUT2D eigenvalue weighted by Crippen LogP contribution is 2.25. The number of phenolic OH excluding ortho intramolecular Hbond substituents is 1. The van der Waals surface area contributed by atoms with Crippen LogP contribution in [0.1, 0.15) is 18.1 Å². The fraction of sp³-hybridized carbons (Fsp3) is 0.462. The molecule has 5 heteroatoms. The summed E-state index contributed by atoms with van der Waals surface area (Å²) < 4.78 is 5.12. The summed E-state index contributed by atoms with van der Waals surface area (Å²) in [6.07, 6.45) is 1.05. The summed E-state index contributed by atoms with van der Waals surface area (Å²) in [5.41, 5.74) is 5.98. The number of aliphatic carboxylic acids is 1. The predicted molar refractivity (Wildman–Crippen MR) is 65.5 cm³/mol. The molecule has 5 nitrogen and oxygen atoms in total. The standard InChI is InChI=1S/C13H17NO4/c1-13(14,12(16)17)6-8-2-3-11(15)9(4-8)5-10-7-18-10/h2-4,10,15H,5-7,14H2,1H3,(H,16,17)/t10-,13+/m1/s1. The minimum atomic E-state index is -1.30. The van der Waals surface area contributed by atoms with Crippen LogP contribution in [0.4, 0.5) is 0 Å². The van der Waals surface area contributed by atoms with Gasteiger partial charge < -0.3 is 20.7 Å². The van der Waals surface area contributed by atoms with Crippen LogP contribution in [0, 0.1) is 0 Å². The molecular weight excluding hydrogens is 234 g/mol. The highest BCUT2D eigenvalue weighted by molar-refractivity contribution is 5.78. The maximum Gasteiger partial charge on any atom is 0.323 e. The molecule has 0 aliphatic carbocycles. The van der Waals surface area contributed by atoms with Crippen molar-refractivity contribution < 1.29 is 19.7 Å². The van der Waals surface area contributed by atoms with Crippen LogP contribution in [0.15, 0.2) is 18.2 Å². The van der Waals surface area contributed by atoms with Gasteiger partial charge in [-0.1, -0.05) is 12.1 Å². The number of phenols is 1. The van der Waals surface area contributed by atoms with Gasteiger partial charge in [0.15, 0.2) is 0 Å². The second-order valence-electron chi connectivity index (χ2n) is 5.02. The van der Waals surface area contributed by atoms with Gasteiger partial charge in [-0.05, 0) is 24.1 Å². The van der Waals surface area contributed by atoms with Gasteiger partial charge in [0.25, 0.3) is 0 Å². The molecule has 1 aromatic rings. The molecule has 1 aliphatic rings. The van der Waals surface area contributed by atoms with Crippen LogP contribution in [0.5, 0.6) is 5.75 Å². The van der Waals surface area contributed by atoms with Crippen molar-refractivity contribution in [2.75, 3.05) is 6.61 Å². The Kier molecular flexibility index (Phi) is 3.28. The lowest BCUT2D eigenvalue weighted by molar-refractivity contribution is -0.142. The third-order valence-corrected chi connectivity index (χ3v) is 3.05. The highest BCUT2D eigenvalue weighted by Gasteiger charge is 2.29. The van der Waals surface area contributed by atoms with E-state index in [-0.39, 0.29) is 18.3 Å². The molecule has 0 saturated carbocycles. The second-order valence-corrected chi connectivity index (χ2v) is 5.02. The average Bonchev–Trinajstić information content (AvgIpc) is 3.06. The molecule has 1 heterocycles. The molecule has 98 valence electrons. The molecule has 0 bridgehead atoms. The zero-order chi connectivity index (χ0) is 13.3. The third kappa shape index (κ3) is 3.00. The van der Waals surface area contributed by atoms with E-state index in [0.717, 1.165) is 11.1 Å². The molecule has 1 fully saturated rings. The topological polar surface area (TPSA) is 96.1 Å². The second kappa shape index (κ2) is 4.59. The van der Waals surface area contributed by atoms with Crippen LogP contribution < -0.4 is 5.73 Å². The van der Waals surface area contributed by atoms with E-state index in [4.69, 9.17) is 15.6 Å². The largest absolute Gasteiger partial charge is 0.508 e. The van der Waals surface area contributed by atoms with Crippen molar-refractivity contribution in [3.8, 4) is 5.75 Å². The molecule has 1 saturated heterocycles. The SMILES string of the molecule is C[C@](N)(Cc1ccc(O)c(C[C@@H]2CO2)c1)C(=O)O. The van der Waals surface area contributed by atoms with Gasteiger partial charge in [-0.2, -0.15) is 0 Å². The molecule has 18 heavy (non-hydrogen) atoms. The van der Waals surface area contributed by atoms with Crippen LogP contribution in [-0.4, -0.2) is 34.4 Å². The minimum Gasteiger partial charge on any atom is -0.508 e.